The number of ether oxygens (including phenoxy) is 1. The molecule has 0 aliphatic carbocycles. The van der Waals surface area contributed by atoms with E-state index in [-0.39, 0.29) is 12.6 Å². The van der Waals surface area contributed by atoms with Gasteiger partial charge in [-0.1, -0.05) is 47.6 Å². The van der Waals surface area contributed by atoms with Gasteiger partial charge in [0.15, 0.2) is 0 Å². The molecule has 138 valence electrons. The van der Waals surface area contributed by atoms with E-state index in [0.717, 1.165) is 5.56 Å². The fraction of sp³-hybridized carbons (Fsp3) is 0.150. The van der Waals surface area contributed by atoms with Crippen molar-refractivity contribution in [3.8, 4) is 17.1 Å². The lowest BCUT2D eigenvalue weighted by Gasteiger charge is -2.19. The second-order valence-corrected chi connectivity index (χ2v) is 5.71. The van der Waals surface area contributed by atoms with Crippen molar-refractivity contribution < 1.29 is 14.1 Å². The van der Waals surface area contributed by atoms with Crippen LogP contribution in [0.1, 0.15) is 5.89 Å². The maximum absolute atomic E-state index is 12.6. The highest BCUT2D eigenvalue weighted by Gasteiger charge is 2.17. The molecular weight excluding hydrogens is 344 g/mol. The second-order valence-electron chi connectivity index (χ2n) is 5.71. The molecule has 1 N–H and O–H groups in total. The number of nitrogens with zero attached hydrogens (tertiary/aromatic N) is 3. The Hall–Kier alpha value is -3.61. The number of carbonyl (C=O) groups excluding carboxylic acids is 1. The van der Waals surface area contributed by atoms with E-state index in [1.807, 2.05) is 30.3 Å². The van der Waals surface area contributed by atoms with Gasteiger partial charge in [0.2, 0.25) is 11.7 Å². The van der Waals surface area contributed by atoms with Gasteiger partial charge in [-0.25, -0.2) is 4.79 Å². The third-order valence-electron chi connectivity index (χ3n) is 3.78. The lowest BCUT2D eigenvalue weighted by Crippen LogP contribution is -2.34. The van der Waals surface area contributed by atoms with E-state index < -0.39 is 0 Å². The molecule has 0 atom stereocenters. The van der Waals surface area contributed by atoms with E-state index >= 15 is 0 Å². The highest BCUT2D eigenvalue weighted by Crippen LogP contribution is 2.18. The summed E-state index contributed by atoms with van der Waals surface area (Å²) in [6.45, 7) is 4.20. The van der Waals surface area contributed by atoms with Crippen LogP contribution in [-0.2, 0) is 6.54 Å². The van der Waals surface area contributed by atoms with Gasteiger partial charge in [0, 0.05) is 23.9 Å². The van der Waals surface area contributed by atoms with Crippen LogP contribution in [0.5, 0.6) is 5.75 Å². The van der Waals surface area contributed by atoms with Gasteiger partial charge in [-0.3, -0.25) is 0 Å². The van der Waals surface area contributed by atoms with Gasteiger partial charge < -0.3 is 19.5 Å². The first-order chi connectivity index (χ1) is 13.2. The maximum atomic E-state index is 12.6. The average Bonchev–Trinajstić information content (AvgIpc) is 3.17. The molecule has 0 aliphatic rings. The summed E-state index contributed by atoms with van der Waals surface area (Å²) in [5.41, 5.74) is 1.48. The summed E-state index contributed by atoms with van der Waals surface area (Å²) in [5, 5.41) is 6.81. The number of benzene rings is 2. The summed E-state index contributed by atoms with van der Waals surface area (Å²) in [6.07, 6.45) is 1.64. The smallest absolute Gasteiger partial charge is 0.322 e. The summed E-state index contributed by atoms with van der Waals surface area (Å²) in [7, 11) is 1.57. The fourth-order valence-electron chi connectivity index (χ4n) is 2.47. The highest BCUT2D eigenvalue weighted by molar-refractivity contribution is 5.89. The number of hydrogen-bond acceptors (Lipinski definition) is 5. The van der Waals surface area contributed by atoms with Crippen LogP contribution < -0.4 is 10.1 Å². The number of urea groups is 1. The molecular formula is C20H20N4O3. The van der Waals surface area contributed by atoms with Crippen molar-refractivity contribution in [2.24, 2.45) is 0 Å². The molecule has 1 aromatic heterocycles. The third kappa shape index (κ3) is 4.72. The molecule has 0 unspecified atom stereocenters. The molecule has 2 amide bonds. The Morgan fingerprint density at radius 3 is 2.81 bits per heavy atom. The molecule has 0 saturated carbocycles. The first-order valence-corrected chi connectivity index (χ1v) is 8.38. The Morgan fingerprint density at radius 1 is 1.26 bits per heavy atom. The number of rotatable bonds is 7. The number of hydrogen-bond donors (Lipinski definition) is 1. The number of amides is 2. The fourth-order valence-corrected chi connectivity index (χ4v) is 2.47. The van der Waals surface area contributed by atoms with E-state index in [2.05, 4.69) is 22.0 Å². The molecule has 2 aromatic carbocycles. The normalized spacial score (nSPS) is 10.3. The molecule has 0 aliphatic heterocycles. The molecule has 1 heterocycles. The van der Waals surface area contributed by atoms with E-state index in [1.165, 1.54) is 4.90 Å². The van der Waals surface area contributed by atoms with Crippen molar-refractivity contribution in [1.82, 2.24) is 15.0 Å². The van der Waals surface area contributed by atoms with Gasteiger partial charge >= 0.3 is 6.03 Å². The molecule has 7 heteroatoms. The Bertz CT molecular complexity index is 908. The van der Waals surface area contributed by atoms with Gasteiger partial charge in [0.25, 0.3) is 0 Å². The summed E-state index contributed by atoms with van der Waals surface area (Å²) in [6, 6.07) is 16.3. The summed E-state index contributed by atoms with van der Waals surface area (Å²) in [4.78, 5) is 18.5. The van der Waals surface area contributed by atoms with Crippen molar-refractivity contribution in [3.63, 3.8) is 0 Å². The number of anilines is 1. The summed E-state index contributed by atoms with van der Waals surface area (Å²) in [5.74, 6) is 1.49. The predicted molar refractivity (Wildman–Crippen MR) is 102 cm³/mol. The number of methoxy groups -OCH3 is 1. The van der Waals surface area contributed by atoms with E-state index in [9.17, 15) is 4.79 Å². The number of nitrogens with one attached hydrogen (secondary N) is 1. The SMILES string of the molecule is C=CCN(Cc1nc(-c2ccccc2)no1)C(=O)Nc1cccc(OC)c1. The van der Waals surface area contributed by atoms with Crippen LogP contribution in [0.3, 0.4) is 0 Å². The van der Waals surface area contributed by atoms with Crippen LogP contribution in [-0.4, -0.2) is 34.7 Å². The zero-order valence-corrected chi connectivity index (χ0v) is 15.0. The first kappa shape index (κ1) is 18.2. The molecule has 0 fully saturated rings. The molecule has 0 saturated heterocycles. The monoisotopic (exact) mass is 364 g/mol. The Labute approximate surface area is 157 Å². The lowest BCUT2D eigenvalue weighted by molar-refractivity contribution is 0.206. The van der Waals surface area contributed by atoms with Crippen molar-refractivity contribution in [1.29, 1.82) is 0 Å². The minimum atomic E-state index is -0.303. The van der Waals surface area contributed by atoms with Gasteiger partial charge in [-0.05, 0) is 12.1 Å². The maximum Gasteiger partial charge on any atom is 0.322 e. The molecule has 0 bridgehead atoms. The Kier molecular flexibility index (Phi) is 5.84. The zero-order valence-electron chi connectivity index (χ0n) is 15.0. The van der Waals surface area contributed by atoms with Crippen LogP contribution in [0.25, 0.3) is 11.4 Å². The molecule has 3 rings (SSSR count). The minimum Gasteiger partial charge on any atom is -0.497 e. The molecule has 0 spiro atoms. The van der Waals surface area contributed by atoms with Gasteiger partial charge in [0.1, 0.15) is 12.3 Å². The topological polar surface area (TPSA) is 80.5 Å². The standard InChI is InChI=1S/C20H20N4O3/c1-3-12-24(20(25)21-16-10-7-11-17(13-16)26-2)14-18-22-19(23-27-18)15-8-5-4-6-9-15/h3-11,13H,1,12,14H2,2H3,(H,21,25). The van der Waals surface area contributed by atoms with Crippen molar-refractivity contribution in [3.05, 3.63) is 73.1 Å². The van der Waals surface area contributed by atoms with Crippen molar-refractivity contribution >= 4 is 11.7 Å². The van der Waals surface area contributed by atoms with E-state index in [0.29, 0.717) is 29.7 Å². The number of aromatic nitrogens is 2. The molecule has 3 aromatic rings. The largest absolute Gasteiger partial charge is 0.497 e. The zero-order chi connectivity index (χ0) is 19.1. The average molecular weight is 364 g/mol. The van der Waals surface area contributed by atoms with Crippen molar-refractivity contribution in [2.75, 3.05) is 19.0 Å². The van der Waals surface area contributed by atoms with Crippen LogP contribution in [0.15, 0.2) is 71.8 Å². The van der Waals surface area contributed by atoms with Crippen LogP contribution in [0.2, 0.25) is 0 Å². The first-order valence-electron chi connectivity index (χ1n) is 8.38. The Balaban J connectivity index is 1.70. The van der Waals surface area contributed by atoms with Gasteiger partial charge in [-0.2, -0.15) is 4.98 Å². The van der Waals surface area contributed by atoms with E-state index in [4.69, 9.17) is 9.26 Å². The number of carbonyl (C=O) groups is 1. The minimum absolute atomic E-state index is 0.168. The lowest BCUT2D eigenvalue weighted by atomic mass is 10.2. The van der Waals surface area contributed by atoms with E-state index in [1.54, 1.807) is 37.5 Å². The highest BCUT2D eigenvalue weighted by atomic mass is 16.5. The third-order valence-corrected chi connectivity index (χ3v) is 3.78. The summed E-state index contributed by atoms with van der Waals surface area (Å²) < 4.78 is 10.5. The van der Waals surface area contributed by atoms with Gasteiger partial charge in [-0.15, -0.1) is 6.58 Å². The Morgan fingerprint density at radius 2 is 2.07 bits per heavy atom. The molecule has 0 radical (unpaired) electrons. The predicted octanol–water partition coefficient (Wildman–Crippen LogP) is 3.97. The second kappa shape index (κ2) is 8.66. The molecule has 27 heavy (non-hydrogen) atoms. The van der Waals surface area contributed by atoms with Gasteiger partial charge in [0.05, 0.1) is 7.11 Å². The van der Waals surface area contributed by atoms with Crippen molar-refractivity contribution in [2.45, 2.75) is 6.54 Å². The quantitative estimate of drug-likeness (QED) is 0.642. The summed E-state index contributed by atoms with van der Waals surface area (Å²) >= 11 is 0. The molecule has 7 nitrogen and oxygen atoms in total. The van der Waals surface area contributed by atoms with Crippen LogP contribution >= 0.6 is 0 Å². The van der Waals surface area contributed by atoms with Crippen LogP contribution in [0.4, 0.5) is 10.5 Å². The van der Waals surface area contributed by atoms with Crippen LogP contribution in [0, 0.1) is 0 Å².